The zero-order valence-corrected chi connectivity index (χ0v) is 14.4. The topological polar surface area (TPSA) is 50.4 Å². The number of ether oxygens (including phenoxy) is 1. The van der Waals surface area contributed by atoms with Crippen LogP contribution in [0.15, 0.2) is 18.2 Å². The Balaban J connectivity index is 2.55. The van der Waals surface area contributed by atoms with E-state index in [1.54, 1.807) is 26.8 Å². The van der Waals surface area contributed by atoms with Crippen molar-refractivity contribution in [3.05, 3.63) is 35.4 Å². The van der Waals surface area contributed by atoms with Crippen LogP contribution in [0.3, 0.4) is 0 Å². The summed E-state index contributed by atoms with van der Waals surface area (Å²) in [5, 5.41) is 6.00. The third-order valence-electron chi connectivity index (χ3n) is 3.31. The molecule has 0 aliphatic heterocycles. The van der Waals surface area contributed by atoms with Crippen molar-refractivity contribution in [3.8, 4) is 0 Å². The molecule has 1 aromatic rings. The van der Waals surface area contributed by atoms with E-state index in [2.05, 4.69) is 10.6 Å². The summed E-state index contributed by atoms with van der Waals surface area (Å²) in [6, 6.07) is 3.66. The van der Waals surface area contributed by atoms with Gasteiger partial charge >= 0.3 is 6.09 Å². The molecule has 6 heteroatoms. The van der Waals surface area contributed by atoms with Crippen LogP contribution < -0.4 is 10.6 Å². The normalized spacial score (nSPS) is 14.2. The van der Waals surface area contributed by atoms with Gasteiger partial charge in [-0.15, -0.1) is 0 Å². The van der Waals surface area contributed by atoms with Crippen LogP contribution in [0.1, 0.15) is 52.6 Å². The van der Waals surface area contributed by atoms with Gasteiger partial charge in [0.05, 0.1) is 0 Å². The van der Waals surface area contributed by atoms with Crippen molar-refractivity contribution in [2.75, 3.05) is 6.54 Å². The monoisotopic (exact) mass is 328 g/mol. The number of amides is 1. The lowest BCUT2D eigenvalue weighted by atomic mass is 10.1. The van der Waals surface area contributed by atoms with Gasteiger partial charge in [0.2, 0.25) is 0 Å². The van der Waals surface area contributed by atoms with Crippen molar-refractivity contribution in [2.45, 2.75) is 58.7 Å². The first-order valence-corrected chi connectivity index (χ1v) is 7.80. The average molecular weight is 328 g/mol. The van der Waals surface area contributed by atoms with E-state index >= 15 is 0 Å². The van der Waals surface area contributed by atoms with E-state index in [0.717, 1.165) is 12.5 Å². The lowest BCUT2D eigenvalue weighted by Gasteiger charge is -2.24. The average Bonchev–Trinajstić information content (AvgIpc) is 2.44. The first-order valence-electron chi connectivity index (χ1n) is 7.80. The predicted octanol–water partition coefficient (Wildman–Crippen LogP) is 3.92. The zero-order chi connectivity index (χ0) is 17.6. The molecule has 0 bridgehead atoms. The van der Waals surface area contributed by atoms with Crippen LogP contribution in [-0.4, -0.2) is 24.3 Å². The molecule has 0 aromatic heterocycles. The molecule has 0 aliphatic rings. The molecule has 0 heterocycles. The SMILES string of the molecule is CCC(CNC(=O)OC(C)(C)C)NC(C)c1ccc(F)c(F)c1. The fraction of sp³-hybridized carbons (Fsp3) is 0.588. The molecule has 130 valence electrons. The van der Waals surface area contributed by atoms with Gasteiger partial charge in [0.15, 0.2) is 11.6 Å². The van der Waals surface area contributed by atoms with E-state index in [4.69, 9.17) is 4.74 Å². The number of hydrogen-bond donors (Lipinski definition) is 2. The molecule has 1 aromatic carbocycles. The Hall–Kier alpha value is -1.69. The summed E-state index contributed by atoms with van der Waals surface area (Å²) >= 11 is 0. The van der Waals surface area contributed by atoms with Gasteiger partial charge in [0.25, 0.3) is 0 Å². The lowest BCUT2D eigenvalue weighted by Crippen LogP contribution is -2.43. The van der Waals surface area contributed by atoms with E-state index in [-0.39, 0.29) is 12.1 Å². The van der Waals surface area contributed by atoms with Crippen molar-refractivity contribution in [1.29, 1.82) is 0 Å². The van der Waals surface area contributed by atoms with Crippen LogP contribution in [0.5, 0.6) is 0 Å². The van der Waals surface area contributed by atoms with Gasteiger partial charge in [-0.05, 0) is 51.8 Å². The van der Waals surface area contributed by atoms with Gasteiger partial charge in [-0.1, -0.05) is 13.0 Å². The molecule has 2 unspecified atom stereocenters. The molecule has 0 aliphatic carbocycles. The van der Waals surface area contributed by atoms with Crippen LogP contribution in [-0.2, 0) is 4.74 Å². The molecular weight excluding hydrogens is 302 g/mol. The van der Waals surface area contributed by atoms with Gasteiger partial charge in [-0.3, -0.25) is 0 Å². The molecule has 1 amide bonds. The van der Waals surface area contributed by atoms with E-state index < -0.39 is 23.3 Å². The number of hydrogen-bond acceptors (Lipinski definition) is 3. The van der Waals surface area contributed by atoms with Gasteiger partial charge in [-0.25, -0.2) is 13.6 Å². The number of halogens is 2. The van der Waals surface area contributed by atoms with E-state index in [1.807, 2.05) is 13.8 Å². The van der Waals surface area contributed by atoms with Crippen LogP contribution in [0.4, 0.5) is 13.6 Å². The Bertz CT molecular complexity index is 530. The summed E-state index contributed by atoms with van der Waals surface area (Å²) in [5.41, 5.74) is 0.109. The molecule has 4 nitrogen and oxygen atoms in total. The fourth-order valence-corrected chi connectivity index (χ4v) is 2.07. The smallest absolute Gasteiger partial charge is 0.407 e. The second-order valence-corrected chi connectivity index (χ2v) is 6.55. The highest BCUT2D eigenvalue weighted by atomic mass is 19.2. The van der Waals surface area contributed by atoms with Crippen LogP contribution >= 0.6 is 0 Å². The number of nitrogens with one attached hydrogen (secondary N) is 2. The first-order chi connectivity index (χ1) is 10.6. The highest BCUT2D eigenvalue weighted by Gasteiger charge is 2.18. The summed E-state index contributed by atoms with van der Waals surface area (Å²) in [6.07, 6.45) is 0.294. The van der Waals surface area contributed by atoms with Crippen molar-refractivity contribution in [2.24, 2.45) is 0 Å². The molecule has 1 rings (SSSR count). The van der Waals surface area contributed by atoms with Gasteiger partial charge < -0.3 is 15.4 Å². The molecule has 2 atom stereocenters. The van der Waals surface area contributed by atoms with Crippen molar-refractivity contribution in [1.82, 2.24) is 10.6 Å². The molecule has 0 fully saturated rings. The maximum atomic E-state index is 13.3. The Labute approximate surface area is 136 Å². The second-order valence-electron chi connectivity index (χ2n) is 6.55. The van der Waals surface area contributed by atoms with Gasteiger partial charge in [0, 0.05) is 18.6 Å². The van der Waals surface area contributed by atoms with E-state index in [9.17, 15) is 13.6 Å². The fourth-order valence-electron chi connectivity index (χ4n) is 2.07. The molecule has 0 radical (unpaired) electrons. The van der Waals surface area contributed by atoms with Crippen molar-refractivity contribution in [3.63, 3.8) is 0 Å². The zero-order valence-electron chi connectivity index (χ0n) is 14.4. The van der Waals surface area contributed by atoms with Crippen LogP contribution in [0.2, 0.25) is 0 Å². The summed E-state index contributed by atoms with van der Waals surface area (Å²) in [6.45, 7) is 9.63. The molecule has 0 saturated carbocycles. The number of alkyl carbamates (subject to hydrolysis) is 1. The molecule has 0 spiro atoms. The molecule has 2 N–H and O–H groups in total. The standard InChI is InChI=1S/C17H26F2N2O2/c1-6-13(10-20-16(22)23-17(3,4)5)21-11(2)12-7-8-14(18)15(19)9-12/h7-9,11,13,21H,6,10H2,1-5H3,(H,20,22). The largest absolute Gasteiger partial charge is 0.444 e. The summed E-state index contributed by atoms with van der Waals surface area (Å²) in [7, 11) is 0. The maximum absolute atomic E-state index is 13.3. The van der Waals surface area contributed by atoms with Crippen LogP contribution in [0.25, 0.3) is 0 Å². The number of rotatable bonds is 6. The highest BCUT2D eigenvalue weighted by Crippen LogP contribution is 2.17. The Morgan fingerprint density at radius 2 is 1.91 bits per heavy atom. The lowest BCUT2D eigenvalue weighted by molar-refractivity contribution is 0.0521. The van der Waals surface area contributed by atoms with Gasteiger partial charge in [0.1, 0.15) is 5.60 Å². The number of carbonyl (C=O) groups is 1. The summed E-state index contributed by atoms with van der Waals surface area (Å²) in [4.78, 5) is 11.7. The Morgan fingerprint density at radius 3 is 2.43 bits per heavy atom. The highest BCUT2D eigenvalue weighted by molar-refractivity contribution is 5.67. The third-order valence-corrected chi connectivity index (χ3v) is 3.31. The Kier molecular flexibility index (Phi) is 6.94. The maximum Gasteiger partial charge on any atom is 0.407 e. The van der Waals surface area contributed by atoms with Gasteiger partial charge in [-0.2, -0.15) is 0 Å². The van der Waals surface area contributed by atoms with Crippen LogP contribution in [0, 0.1) is 11.6 Å². The second kappa shape index (κ2) is 8.24. The molecule has 23 heavy (non-hydrogen) atoms. The predicted molar refractivity (Wildman–Crippen MR) is 86.2 cm³/mol. The van der Waals surface area contributed by atoms with Crippen molar-refractivity contribution >= 4 is 6.09 Å². The van der Waals surface area contributed by atoms with E-state index in [1.165, 1.54) is 6.07 Å². The number of benzene rings is 1. The number of carbonyl (C=O) groups excluding carboxylic acids is 1. The van der Waals surface area contributed by atoms with E-state index in [0.29, 0.717) is 12.1 Å². The Morgan fingerprint density at radius 1 is 1.26 bits per heavy atom. The summed E-state index contributed by atoms with van der Waals surface area (Å²) in [5.74, 6) is -1.73. The quantitative estimate of drug-likeness (QED) is 0.832. The molecular formula is C17H26F2N2O2. The van der Waals surface area contributed by atoms with Crippen molar-refractivity contribution < 1.29 is 18.3 Å². The first kappa shape index (κ1) is 19.4. The minimum Gasteiger partial charge on any atom is -0.444 e. The minimum atomic E-state index is -0.865. The summed E-state index contributed by atoms with van der Waals surface area (Å²) < 4.78 is 31.5. The molecule has 0 saturated heterocycles. The third kappa shape index (κ3) is 6.95. The minimum absolute atomic E-state index is 0.00867.